The topological polar surface area (TPSA) is 65.4 Å². The summed E-state index contributed by atoms with van der Waals surface area (Å²) in [6.07, 6.45) is 6.68. The van der Waals surface area contributed by atoms with E-state index in [-0.39, 0.29) is 18.6 Å². The van der Waals surface area contributed by atoms with Gasteiger partial charge in [0.05, 0.1) is 12.7 Å². The second-order valence-corrected chi connectivity index (χ2v) is 7.19. The minimum Gasteiger partial charge on any atom is -0.454 e. The molecule has 25 heavy (non-hydrogen) atoms. The minimum atomic E-state index is 0.157. The normalized spacial score (nSPS) is 26.2. The molecule has 0 radical (unpaired) electrons. The minimum absolute atomic E-state index is 0.157. The van der Waals surface area contributed by atoms with Crippen LogP contribution in [-0.4, -0.2) is 22.5 Å². The van der Waals surface area contributed by atoms with E-state index in [1.807, 2.05) is 28.9 Å². The van der Waals surface area contributed by atoms with Crippen LogP contribution < -0.4 is 14.8 Å². The highest BCUT2D eigenvalue weighted by Crippen LogP contribution is 2.55. The van der Waals surface area contributed by atoms with Crippen molar-refractivity contribution in [2.45, 2.75) is 32.2 Å². The number of carbonyl (C=O) groups excluding carboxylic acids is 1. The van der Waals surface area contributed by atoms with E-state index in [2.05, 4.69) is 10.4 Å². The number of nitrogens with zero attached hydrogens (tertiary/aromatic N) is 2. The van der Waals surface area contributed by atoms with E-state index < -0.39 is 0 Å². The lowest BCUT2D eigenvalue weighted by molar-refractivity contribution is -0.117. The van der Waals surface area contributed by atoms with Crippen molar-refractivity contribution in [1.82, 2.24) is 9.78 Å². The van der Waals surface area contributed by atoms with Crippen LogP contribution in [0.5, 0.6) is 11.5 Å². The van der Waals surface area contributed by atoms with Crippen LogP contribution in [0.4, 0.5) is 5.82 Å². The molecule has 0 spiro atoms. The van der Waals surface area contributed by atoms with Crippen LogP contribution >= 0.6 is 0 Å². The first-order chi connectivity index (χ1) is 12.3. The van der Waals surface area contributed by atoms with Gasteiger partial charge in [0, 0.05) is 12.0 Å². The summed E-state index contributed by atoms with van der Waals surface area (Å²) in [6, 6.07) is 7.73. The Kier molecular flexibility index (Phi) is 3.43. The first kappa shape index (κ1) is 14.8. The summed E-state index contributed by atoms with van der Waals surface area (Å²) in [5.74, 6) is 3.87. The number of hydrogen-bond acceptors (Lipinski definition) is 4. The Morgan fingerprint density at radius 2 is 1.96 bits per heavy atom. The molecular weight excluding hydrogens is 318 g/mol. The SMILES string of the molecule is O=C(Nc1ccnn1Cc1ccc2c(c1)OCO2)C1[C@@H]2CCCC[C@@H]12. The van der Waals surface area contributed by atoms with E-state index in [1.54, 1.807) is 6.20 Å². The summed E-state index contributed by atoms with van der Waals surface area (Å²) in [5, 5.41) is 7.45. The lowest BCUT2D eigenvalue weighted by Gasteiger charge is -2.09. The molecule has 6 heteroatoms. The fourth-order valence-corrected chi connectivity index (χ4v) is 4.37. The lowest BCUT2D eigenvalue weighted by Crippen LogP contribution is -2.18. The van der Waals surface area contributed by atoms with Gasteiger partial charge in [0.15, 0.2) is 11.5 Å². The number of benzene rings is 1. The molecule has 0 saturated heterocycles. The van der Waals surface area contributed by atoms with Crippen molar-refractivity contribution < 1.29 is 14.3 Å². The van der Waals surface area contributed by atoms with Crippen molar-refractivity contribution >= 4 is 11.7 Å². The van der Waals surface area contributed by atoms with Gasteiger partial charge >= 0.3 is 0 Å². The van der Waals surface area contributed by atoms with Crippen LogP contribution in [0.1, 0.15) is 31.2 Å². The molecule has 2 fully saturated rings. The molecule has 0 unspecified atom stereocenters. The summed E-state index contributed by atoms with van der Waals surface area (Å²) in [4.78, 5) is 12.6. The number of carbonyl (C=O) groups is 1. The quantitative estimate of drug-likeness (QED) is 0.930. The number of nitrogens with one attached hydrogen (secondary N) is 1. The van der Waals surface area contributed by atoms with Gasteiger partial charge in [-0.15, -0.1) is 0 Å². The standard InChI is InChI=1S/C19H21N3O3/c23-19(18-13-3-1-2-4-14(13)18)21-17-7-8-20-22(17)10-12-5-6-15-16(9-12)25-11-24-15/h5-9,13-14,18H,1-4,10-11H2,(H,21,23)/t13-,14-/m1/s1. The lowest BCUT2D eigenvalue weighted by atomic mass is 10.0. The summed E-state index contributed by atoms with van der Waals surface area (Å²) in [7, 11) is 0. The zero-order valence-corrected chi connectivity index (χ0v) is 14.0. The Morgan fingerprint density at radius 3 is 2.80 bits per heavy atom. The molecule has 1 amide bonds. The zero-order valence-electron chi connectivity index (χ0n) is 14.0. The number of rotatable bonds is 4. The maximum atomic E-state index is 12.6. The van der Waals surface area contributed by atoms with Crippen LogP contribution in [0.25, 0.3) is 0 Å². The molecule has 0 bridgehead atoms. The van der Waals surface area contributed by atoms with Crippen molar-refractivity contribution in [3.63, 3.8) is 0 Å². The molecule has 130 valence electrons. The monoisotopic (exact) mass is 339 g/mol. The first-order valence-electron chi connectivity index (χ1n) is 9.01. The third kappa shape index (κ3) is 2.65. The molecule has 2 aliphatic carbocycles. The van der Waals surface area contributed by atoms with Gasteiger partial charge in [-0.2, -0.15) is 5.10 Å². The molecular formula is C19H21N3O3. The second-order valence-electron chi connectivity index (χ2n) is 7.19. The predicted molar refractivity (Wildman–Crippen MR) is 91.5 cm³/mol. The summed E-state index contributed by atoms with van der Waals surface area (Å²) < 4.78 is 12.6. The molecule has 2 heterocycles. The summed E-state index contributed by atoms with van der Waals surface area (Å²) >= 11 is 0. The number of fused-ring (bicyclic) bond motifs is 2. The number of hydrogen-bond donors (Lipinski definition) is 1. The van der Waals surface area contributed by atoms with Crippen LogP contribution in [0.2, 0.25) is 0 Å². The maximum Gasteiger partial charge on any atom is 0.231 e. The predicted octanol–water partition coefficient (Wildman–Crippen LogP) is 3.03. The van der Waals surface area contributed by atoms with Gasteiger partial charge in [-0.05, 0) is 42.4 Å². The molecule has 2 atom stereocenters. The third-order valence-corrected chi connectivity index (χ3v) is 5.70. The highest BCUT2D eigenvalue weighted by atomic mass is 16.7. The number of amides is 1. The fourth-order valence-electron chi connectivity index (χ4n) is 4.37. The van der Waals surface area contributed by atoms with Gasteiger partial charge in [0.1, 0.15) is 5.82 Å². The van der Waals surface area contributed by atoms with E-state index in [1.165, 1.54) is 25.7 Å². The molecule has 1 N–H and O–H groups in total. The molecule has 1 aromatic heterocycles. The Morgan fingerprint density at radius 1 is 1.16 bits per heavy atom. The summed E-state index contributed by atoms with van der Waals surface area (Å²) in [5.41, 5.74) is 1.06. The van der Waals surface area contributed by atoms with Gasteiger partial charge in [0.2, 0.25) is 12.7 Å². The largest absolute Gasteiger partial charge is 0.454 e. The molecule has 3 aliphatic rings. The van der Waals surface area contributed by atoms with Gasteiger partial charge in [-0.25, -0.2) is 4.68 Å². The van der Waals surface area contributed by atoms with E-state index in [0.29, 0.717) is 18.4 Å². The van der Waals surface area contributed by atoms with E-state index >= 15 is 0 Å². The Hall–Kier alpha value is -2.50. The Labute approximate surface area is 146 Å². The molecule has 1 aliphatic heterocycles. The van der Waals surface area contributed by atoms with Gasteiger partial charge in [-0.3, -0.25) is 4.79 Å². The number of anilines is 1. The van der Waals surface area contributed by atoms with Crippen molar-refractivity contribution in [2.75, 3.05) is 12.1 Å². The smallest absolute Gasteiger partial charge is 0.231 e. The van der Waals surface area contributed by atoms with Crippen molar-refractivity contribution in [2.24, 2.45) is 17.8 Å². The molecule has 1 aromatic carbocycles. The average molecular weight is 339 g/mol. The number of ether oxygens (including phenoxy) is 2. The Bertz CT molecular complexity index is 804. The van der Waals surface area contributed by atoms with Crippen molar-refractivity contribution in [3.05, 3.63) is 36.0 Å². The van der Waals surface area contributed by atoms with Gasteiger partial charge < -0.3 is 14.8 Å². The van der Waals surface area contributed by atoms with E-state index in [0.717, 1.165) is 22.9 Å². The summed E-state index contributed by atoms with van der Waals surface area (Å²) in [6.45, 7) is 0.850. The first-order valence-corrected chi connectivity index (χ1v) is 9.01. The van der Waals surface area contributed by atoms with Gasteiger partial charge in [0.25, 0.3) is 0 Å². The average Bonchev–Trinajstić information content (AvgIpc) is 2.92. The van der Waals surface area contributed by atoms with Crippen LogP contribution in [0.3, 0.4) is 0 Å². The molecule has 5 rings (SSSR count). The highest BCUT2D eigenvalue weighted by Gasteiger charge is 2.54. The third-order valence-electron chi connectivity index (χ3n) is 5.70. The number of aromatic nitrogens is 2. The Balaban J connectivity index is 1.28. The molecule has 2 saturated carbocycles. The van der Waals surface area contributed by atoms with E-state index in [4.69, 9.17) is 9.47 Å². The van der Waals surface area contributed by atoms with E-state index in [9.17, 15) is 4.79 Å². The fraction of sp³-hybridized carbons (Fsp3) is 0.474. The highest BCUT2D eigenvalue weighted by molar-refractivity contribution is 5.94. The zero-order chi connectivity index (χ0) is 16.8. The molecule has 6 nitrogen and oxygen atoms in total. The molecule has 2 aromatic rings. The van der Waals surface area contributed by atoms with Crippen molar-refractivity contribution in [1.29, 1.82) is 0 Å². The second kappa shape index (κ2) is 5.79. The van der Waals surface area contributed by atoms with Crippen LogP contribution in [0, 0.1) is 17.8 Å². The van der Waals surface area contributed by atoms with Crippen LogP contribution in [-0.2, 0) is 11.3 Å². The van der Waals surface area contributed by atoms with Crippen molar-refractivity contribution in [3.8, 4) is 11.5 Å². The maximum absolute atomic E-state index is 12.6. The van der Waals surface area contributed by atoms with Crippen LogP contribution in [0.15, 0.2) is 30.5 Å². The van der Waals surface area contributed by atoms with Gasteiger partial charge in [-0.1, -0.05) is 18.9 Å².